The molecule has 182 valence electrons. The number of barbiturate groups is 1. The largest absolute Gasteiger partial charge is 0.493 e. The van der Waals surface area contributed by atoms with Gasteiger partial charge in [0.1, 0.15) is 18.0 Å². The molecule has 1 heterocycles. The molecule has 0 saturated carbocycles. The Morgan fingerprint density at radius 3 is 2.33 bits per heavy atom. The molecule has 0 unspecified atom stereocenters. The number of aromatic carboxylic acids is 1. The van der Waals surface area contributed by atoms with Gasteiger partial charge in [0.05, 0.1) is 18.4 Å². The molecule has 4 amide bonds. The van der Waals surface area contributed by atoms with Gasteiger partial charge in [-0.3, -0.25) is 14.9 Å². The highest BCUT2D eigenvalue weighted by Gasteiger charge is 2.36. The maximum Gasteiger partial charge on any atom is 0.335 e. The lowest BCUT2D eigenvalue weighted by atomic mass is 10.1. The second kappa shape index (κ2) is 10.1. The Morgan fingerprint density at radius 1 is 1.00 bits per heavy atom. The van der Waals surface area contributed by atoms with E-state index in [1.807, 2.05) is 0 Å². The van der Waals surface area contributed by atoms with Crippen molar-refractivity contribution in [1.82, 2.24) is 5.32 Å². The van der Waals surface area contributed by atoms with Gasteiger partial charge in [0.25, 0.3) is 11.8 Å². The molecule has 0 radical (unpaired) electrons. The molecule has 1 aliphatic rings. The second-order valence-corrected chi connectivity index (χ2v) is 7.64. The molecule has 9 nitrogen and oxygen atoms in total. The number of carbonyl (C=O) groups excluding carboxylic acids is 3. The summed E-state index contributed by atoms with van der Waals surface area (Å²) in [5.41, 5.74) is 0.941. The Morgan fingerprint density at radius 2 is 1.69 bits per heavy atom. The molecule has 36 heavy (non-hydrogen) atoms. The van der Waals surface area contributed by atoms with Crippen LogP contribution in [0.4, 0.5) is 14.9 Å². The highest BCUT2D eigenvalue weighted by atomic mass is 19.1. The minimum absolute atomic E-state index is 0.0238. The molecular weight excluding hydrogens is 471 g/mol. The molecule has 1 fully saturated rings. The van der Waals surface area contributed by atoms with Crippen LogP contribution >= 0.6 is 0 Å². The normalized spacial score (nSPS) is 14.6. The molecule has 1 saturated heterocycles. The third kappa shape index (κ3) is 5.07. The van der Waals surface area contributed by atoms with Crippen LogP contribution in [-0.2, 0) is 16.2 Å². The topological polar surface area (TPSA) is 122 Å². The number of urea groups is 1. The number of rotatable bonds is 7. The molecule has 0 aliphatic carbocycles. The number of carboxylic acids is 1. The molecule has 0 bridgehead atoms. The summed E-state index contributed by atoms with van der Waals surface area (Å²) in [6, 6.07) is 14.7. The SMILES string of the molecule is COc1cc(/C=C2\C(=O)NC(=O)N(c3ccc(C(=O)O)cc3)C2=O)ccc1OCc1ccc(F)cc1. The van der Waals surface area contributed by atoms with Crippen molar-refractivity contribution in [3.63, 3.8) is 0 Å². The Hall–Kier alpha value is -4.99. The first kappa shape index (κ1) is 24.1. The number of nitrogens with zero attached hydrogens (tertiary/aromatic N) is 1. The van der Waals surface area contributed by atoms with E-state index >= 15 is 0 Å². The lowest BCUT2D eigenvalue weighted by molar-refractivity contribution is -0.122. The van der Waals surface area contributed by atoms with Crippen LogP contribution in [0, 0.1) is 5.82 Å². The number of carbonyl (C=O) groups is 4. The molecule has 4 rings (SSSR count). The van der Waals surface area contributed by atoms with E-state index in [-0.39, 0.29) is 29.2 Å². The van der Waals surface area contributed by atoms with Crippen LogP contribution < -0.4 is 19.7 Å². The fourth-order valence-corrected chi connectivity index (χ4v) is 3.45. The van der Waals surface area contributed by atoms with Crippen molar-refractivity contribution < 1.29 is 38.1 Å². The van der Waals surface area contributed by atoms with Crippen molar-refractivity contribution in [3.05, 3.63) is 94.8 Å². The van der Waals surface area contributed by atoms with Crippen LogP contribution in [0.2, 0.25) is 0 Å². The van der Waals surface area contributed by atoms with Crippen LogP contribution in [-0.4, -0.2) is 36.0 Å². The second-order valence-electron chi connectivity index (χ2n) is 7.64. The minimum Gasteiger partial charge on any atom is -0.493 e. The summed E-state index contributed by atoms with van der Waals surface area (Å²) in [5.74, 6) is -2.55. The zero-order chi connectivity index (χ0) is 25.8. The number of benzene rings is 3. The summed E-state index contributed by atoms with van der Waals surface area (Å²) < 4.78 is 24.2. The van der Waals surface area contributed by atoms with E-state index in [0.29, 0.717) is 17.1 Å². The van der Waals surface area contributed by atoms with E-state index in [9.17, 15) is 23.6 Å². The smallest absolute Gasteiger partial charge is 0.335 e. The highest BCUT2D eigenvalue weighted by Crippen LogP contribution is 2.30. The van der Waals surface area contributed by atoms with E-state index in [0.717, 1.165) is 10.5 Å². The Labute approximate surface area is 204 Å². The quantitative estimate of drug-likeness (QED) is 0.382. The van der Waals surface area contributed by atoms with Crippen molar-refractivity contribution in [2.75, 3.05) is 12.0 Å². The fraction of sp³-hybridized carbons (Fsp3) is 0.0769. The number of ether oxygens (including phenoxy) is 2. The zero-order valence-electron chi connectivity index (χ0n) is 18.9. The molecular formula is C26H19FN2O7. The molecule has 0 aromatic heterocycles. The molecule has 0 atom stereocenters. The number of anilines is 1. The monoisotopic (exact) mass is 490 g/mol. The molecule has 3 aromatic carbocycles. The van der Waals surface area contributed by atoms with Crippen LogP contribution in [0.1, 0.15) is 21.5 Å². The van der Waals surface area contributed by atoms with E-state index in [2.05, 4.69) is 5.32 Å². The van der Waals surface area contributed by atoms with Crippen molar-refractivity contribution in [3.8, 4) is 11.5 Å². The summed E-state index contributed by atoms with van der Waals surface area (Å²) in [6.07, 6.45) is 1.30. The van der Waals surface area contributed by atoms with Crippen LogP contribution in [0.25, 0.3) is 6.08 Å². The van der Waals surface area contributed by atoms with Crippen molar-refractivity contribution in [2.45, 2.75) is 6.61 Å². The summed E-state index contributed by atoms with van der Waals surface area (Å²) in [6.45, 7) is 0.162. The molecule has 1 aliphatic heterocycles. The van der Waals surface area contributed by atoms with Gasteiger partial charge < -0.3 is 14.6 Å². The van der Waals surface area contributed by atoms with Gasteiger partial charge in [-0.1, -0.05) is 18.2 Å². The first-order chi connectivity index (χ1) is 17.3. The van der Waals surface area contributed by atoms with Crippen LogP contribution in [0.15, 0.2) is 72.3 Å². The van der Waals surface area contributed by atoms with Gasteiger partial charge in [-0.2, -0.15) is 0 Å². The average molecular weight is 490 g/mol. The fourth-order valence-electron chi connectivity index (χ4n) is 3.45. The minimum atomic E-state index is -1.16. The summed E-state index contributed by atoms with van der Waals surface area (Å²) in [5, 5.41) is 11.2. The molecule has 10 heteroatoms. The number of methoxy groups -OCH3 is 1. The highest BCUT2D eigenvalue weighted by molar-refractivity contribution is 6.39. The molecule has 2 N–H and O–H groups in total. The predicted octanol–water partition coefficient (Wildman–Crippen LogP) is 3.78. The average Bonchev–Trinajstić information content (AvgIpc) is 2.86. The third-order valence-corrected chi connectivity index (χ3v) is 5.28. The maximum absolute atomic E-state index is 13.1. The van der Waals surface area contributed by atoms with Gasteiger partial charge in [0.15, 0.2) is 11.5 Å². The summed E-state index contributed by atoms with van der Waals surface area (Å²) >= 11 is 0. The van der Waals surface area contributed by atoms with Crippen LogP contribution in [0.5, 0.6) is 11.5 Å². The van der Waals surface area contributed by atoms with Gasteiger partial charge >= 0.3 is 12.0 Å². The predicted molar refractivity (Wildman–Crippen MR) is 126 cm³/mol. The standard InChI is InChI=1S/C26H19FN2O7/c1-35-22-13-16(4-11-21(22)36-14-15-2-7-18(27)8-3-15)12-20-23(30)28-26(34)29(24(20)31)19-9-5-17(6-10-19)25(32)33/h2-13H,14H2,1H3,(H,32,33)(H,28,30,34)/b20-12+. The number of hydrogen-bond donors (Lipinski definition) is 2. The number of imide groups is 2. The van der Waals surface area contributed by atoms with Crippen molar-refractivity contribution in [1.29, 1.82) is 0 Å². The van der Waals surface area contributed by atoms with Gasteiger partial charge in [-0.25, -0.2) is 18.9 Å². The number of carboxylic acid groups (broad SMARTS) is 1. The van der Waals surface area contributed by atoms with Crippen molar-refractivity contribution >= 4 is 35.6 Å². The summed E-state index contributed by atoms with van der Waals surface area (Å²) in [7, 11) is 1.43. The zero-order valence-corrected chi connectivity index (χ0v) is 18.9. The van der Waals surface area contributed by atoms with E-state index in [1.54, 1.807) is 30.3 Å². The summed E-state index contributed by atoms with van der Waals surface area (Å²) in [4.78, 5) is 49.7. The number of amides is 4. The number of nitrogens with one attached hydrogen (secondary N) is 1. The van der Waals surface area contributed by atoms with E-state index < -0.39 is 23.8 Å². The molecule has 3 aromatic rings. The Kier molecular flexibility index (Phi) is 6.77. The van der Waals surface area contributed by atoms with E-state index in [4.69, 9.17) is 14.6 Å². The third-order valence-electron chi connectivity index (χ3n) is 5.28. The lowest BCUT2D eigenvalue weighted by Crippen LogP contribution is -2.54. The first-order valence-corrected chi connectivity index (χ1v) is 10.6. The lowest BCUT2D eigenvalue weighted by Gasteiger charge is -2.26. The first-order valence-electron chi connectivity index (χ1n) is 10.6. The van der Waals surface area contributed by atoms with Gasteiger partial charge in [0, 0.05) is 0 Å². The van der Waals surface area contributed by atoms with Gasteiger partial charge in [0.2, 0.25) is 0 Å². The molecule has 0 spiro atoms. The number of halogens is 1. The van der Waals surface area contributed by atoms with Gasteiger partial charge in [-0.05, 0) is 65.7 Å². The Bertz CT molecular complexity index is 1380. The Balaban J connectivity index is 1.58. The van der Waals surface area contributed by atoms with E-state index in [1.165, 1.54) is 49.6 Å². The number of hydrogen-bond acceptors (Lipinski definition) is 6. The van der Waals surface area contributed by atoms with Gasteiger partial charge in [-0.15, -0.1) is 0 Å². The van der Waals surface area contributed by atoms with Crippen molar-refractivity contribution in [2.24, 2.45) is 0 Å². The maximum atomic E-state index is 13.1. The van der Waals surface area contributed by atoms with Crippen LogP contribution in [0.3, 0.4) is 0 Å².